The fourth-order valence-corrected chi connectivity index (χ4v) is 6.36. The first-order valence-corrected chi connectivity index (χ1v) is 17.4. The van der Waals surface area contributed by atoms with Crippen LogP contribution in [0.4, 0.5) is 0 Å². The molecule has 1 aliphatic carbocycles. The molecule has 1 rings (SSSR count). The van der Waals surface area contributed by atoms with Crippen LogP contribution < -0.4 is 0 Å². The topological polar surface area (TPSA) is 0 Å². The summed E-state index contributed by atoms with van der Waals surface area (Å²) in [6, 6.07) is 0. The van der Waals surface area contributed by atoms with Crippen LogP contribution >= 0.6 is 0 Å². The van der Waals surface area contributed by atoms with Gasteiger partial charge in [-0.3, -0.25) is 0 Å². The molecule has 0 saturated carbocycles. The van der Waals surface area contributed by atoms with Crippen LogP contribution in [0.15, 0.2) is 24.3 Å². The zero-order valence-electron chi connectivity index (χ0n) is 6.39. The van der Waals surface area contributed by atoms with Gasteiger partial charge in [0.25, 0.3) is 0 Å². The third-order valence-corrected chi connectivity index (χ3v) is 11.0. The Bertz CT molecular complexity index is 136. The van der Waals surface area contributed by atoms with Gasteiger partial charge in [0.05, 0.1) is 0 Å². The van der Waals surface area contributed by atoms with E-state index in [1.165, 1.54) is 0 Å². The van der Waals surface area contributed by atoms with Crippen molar-refractivity contribution in [2.75, 3.05) is 0 Å². The van der Waals surface area contributed by atoms with E-state index in [1.54, 1.807) is 0 Å². The van der Waals surface area contributed by atoms with Gasteiger partial charge in [-0.25, -0.2) is 0 Å². The summed E-state index contributed by atoms with van der Waals surface area (Å²) >= 11 is -1.68. The Morgan fingerprint density at radius 2 is 1.44 bits per heavy atom. The average molecular weight is 317 g/mol. The maximum atomic E-state index is 2.48. The number of hydrogen-bond donors (Lipinski definition) is 0. The van der Waals surface area contributed by atoms with Gasteiger partial charge in [0.2, 0.25) is 0 Å². The van der Waals surface area contributed by atoms with Crippen molar-refractivity contribution in [3.63, 3.8) is 0 Å². The molecule has 0 heterocycles. The van der Waals surface area contributed by atoms with Gasteiger partial charge < -0.3 is 0 Å². The average Bonchev–Trinajstić information content (AvgIpc) is 2.08. The zero-order chi connectivity index (χ0) is 6.91. The first-order chi connectivity index (χ1) is 4.11. The van der Waals surface area contributed by atoms with Crippen LogP contribution in [-0.2, 0) is 0 Å². The van der Waals surface area contributed by atoms with Crippen LogP contribution in [0.1, 0.15) is 0 Å². The predicted octanol–water partition coefficient (Wildman–Crippen LogP) is 2.82. The molecule has 0 unspecified atom stereocenters. The third-order valence-electron chi connectivity index (χ3n) is 1.75. The van der Waals surface area contributed by atoms with Crippen LogP contribution in [0, 0.1) is 0 Å². The quantitative estimate of drug-likeness (QED) is 0.653. The number of allylic oxidation sites excluding steroid dienone is 4. The van der Waals surface area contributed by atoms with E-state index in [-0.39, 0.29) is 0 Å². The second-order valence-electron chi connectivity index (χ2n) is 3.66. The monoisotopic (exact) mass is 318 g/mol. The Labute approximate surface area is 62.3 Å². The molecule has 0 aromatic rings. The van der Waals surface area contributed by atoms with E-state index in [0.29, 0.717) is 0 Å². The minimum atomic E-state index is -1.68. The molecule has 0 spiro atoms. The molecule has 0 atom stereocenters. The van der Waals surface area contributed by atoms with E-state index < -0.39 is 21.2 Å². The van der Waals surface area contributed by atoms with Crippen LogP contribution in [0.25, 0.3) is 0 Å². The first kappa shape index (κ1) is 7.51. The van der Waals surface area contributed by atoms with E-state index in [2.05, 4.69) is 37.8 Å². The SMILES string of the molecule is [CH3][Pb]([CH3])([CH3])[CH]1C=CC=C1. The van der Waals surface area contributed by atoms with Crippen molar-refractivity contribution in [1.82, 2.24) is 0 Å². The van der Waals surface area contributed by atoms with Crippen molar-refractivity contribution in [2.24, 2.45) is 0 Å². The maximum absolute atomic E-state index is 2.48. The summed E-state index contributed by atoms with van der Waals surface area (Å²) in [4.78, 5) is 0. The van der Waals surface area contributed by atoms with Crippen molar-refractivity contribution in [1.29, 1.82) is 0 Å². The van der Waals surface area contributed by atoms with E-state index in [1.807, 2.05) is 0 Å². The van der Waals surface area contributed by atoms with Crippen LogP contribution in [0.3, 0.4) is 0 Å². The molecule has 0 nitrogen and oxygen atoms in total. The number of rotatable bonds is 1. The Kier molecular flexibility index (Phi) is 2.14. The zero-order valence-corrected chi connectivity index (χ0v) is 10.3. The fourth-order valence-electron chi connectivity index (χ4n) is 1.01. The molecule has 0 bridgehead atoms. The molecule has 0 N–H and O–H groups in total. The standard InChI is InChI=1S/C5H5.3CH3.Pb/c1-2-4-5-3-1;;;;/h1-5H;3*1H3;. The molecular weight excluding hydrogens is 303 g/mol. The van der Waals surface area contributed by atoms with Gasteiger partial charge in [-0.05, 0) is 0 Å². The van der Waals surface area contributed by atoms with Crippen LogP contribution in [0.5, 0.6) is 0 Å². The molecule has 9 heavy (non-hydrogen) atoms. The van der Waals surface area contributed by atoms with Crippen molar-refractivity contribution >= 4 is 21.2 Å². The summed E-state index contributed by atoms with van der Waals surface area (Å²) in [5.41, 5.74) is 0. The van der Waals surface area contributed by atoms with Gasteiger partial charge in [0.1, 0.15) is 0 Å². The molecule has 1 aliphatic rings. The van der Waals surface area contributed by atoms with Crippen molar-refractivity contribution in [2.45, 2.75) is 16.9 Å². The first-order valence-electron chi connectivity index (χ1n) is 3.46. The Morgan fingerprint density at radius 1 is 1.00 bits per heavy atom. The molecule has 0 aromatic carbocycles. The number of hydrogen-bond acceptors (Lipinski definition) is 0. The molecule has 0 fully saturated rings. The molecule has 50 valence electrons. The molecule has 0 amide bonds. The Balaban J connectivity index is 2.64. The second-order valence-corrected chi connectivity index (χ2v) is 24.6. The van der Waals surface area contributed by atoms with Gasteiger partial charge >= 0.3 is 62.4 Å². The normalized spacial score (nSPS) is 19.4. The molecule has 0 saturated heterocycles. The van der Waals surface area contributed by atoms with Gasteiger partial charge in [0.15, 0.2) is 0 Å². The summed E-state index contributed by atoms with van der Waals surface area (Å²) < 4.78 is 8.32. The van der Waals surface area contributed by atoms with Gasteiger partial charge in [-0.15, -0.1) is 0 Å². The predicted molar refractivity (Wildman–Crippen MR) is 45.4 cm³/mol. The summed E-state index contributed by atoms with van der Waals surface area (Å²) in [5.74, 6) is 0. The van der Waals surface area contributed by atoms with Gasteiger partial charge in [-0.2, -0.15) is 0 Å². The second kappa shape index (κ2) is 2.56. The Hall–Kier alpha value is 0.402. The minimum absolute atomic E-state index is 0.873. The van der Waals surface area contributed by atoms with Crippen LogP contribution in [0.2, 0.25) is 16.9 Å². The fraction of sp³-hybridized carbons (Fsp3) is 0.500. The summed E-state index contributed by atoms with van der Waals surface area (Å²) in [6.45, 7) is 0. The van der Waals surface area contributed by atoms with Crippen molar-refractivity contribution < 1.29 is 0 Å². The van der Waals surface area contributed by atoms with E-state index in [4.69, 9.17) is 0 Å². The van der Waals surface area contributed by atoms with E-state index >= 15 is 0 Å². The molecule has 0 aliphatic heterocycles. The van der Waals surface area contributed by atoms with Crippen LogP contribution in [-0.4, -0.2) is 21.2 Å². The molecule has 0 aromatic heterocycles. The summed E-state index contributed by atoms with van der Waals surface area (Å²) in [6.07, 6.45) is 9.05. The summed E-state index contributed by atoms with van der Waals surface area (Å²) in [7, 11) is 0. The molecular formula is C8H14Pb. The van der Waals surface area contributed by atoms with Crippen molar-refractivity contribution in [3.8, 4) is 0 Å². The Morgan fingerprint density at radius 3 is 1.67 bits per heavy atom. The van der Waals surface area contributed by atoms with E-state index in [9.17, 15) is 0 Å². The van der Waals surface area contributed by atoms with E-state index in [0.717, 1.165) is 3.48 Å². The van der Waals surface area contributed by atoms with Gasteiger partial charge in [-0.1, -0.05) is 0 Å². The molecule has 0 radical (unpaired) electrons. The third kappa shape index (κ3) is 1.92. The summed E-state index contributed by atoms with van der Waals surface area (Å²) in [5, 5.41) is 0. The van der Waals surface area contributed by atoms with Gasteiger partial charge in [0, 0.05) is 0 Å². The van der Waals surface area contributed by atoms with Crippen molar-refractivity contribution in [3.05, 3.63) is 24.3 Å². The molecule has 1 heteroatoms.